The van der Waals surface area contributed by atoms with E-state index in [1.807, 2.05) is 19.1 Å². The lowest BCUT2D eigenvalue weighted by atomic mass is 10.1. The molecule has 0 spiro atoms. The Morgan fingerprint density at radius 2 is 1.80 bits per heavy atom. The first-order chi connectivity index (χ1) is 12.0. The summed E-state index contributed by atoms with van der Waals surface area (Å²) in [5, 5.41) is 6.20. The number of benzene rings is 3. The second-order valence-corrected chi connectivity index (χ2v) is 7.19. The molecule has 0 aromatic heterocycles. The first-order valence-corrected chi connectivity index (χ1v) is 8.86. The summed E-state index contributed by atoms with van der Waals surface area (Å²) in [7, 11) is -1.90. The molecule has 2 N–H and O–H groups in total. The fourth-order valence-corrected chi connectivity index (χ4v) is 3.90. The van der Waals surface area contributed by atoms with E-state index in [2.05, 4.69) is 10.6 Å². The van der Waals surface area contributed by atoms with Crippen LogP contribution in [0.25, 0.3) is 10.8 Å². The van der Waals surface area contributed by atoms with Crippen LogP contribution in [0.3, 0.4) is 0 Å². The van der Waals surface area contributed by atoms with Crippen LogP contribution < -0.4 is 10.6 Å². The van der Waals surface area contributed by atoms with E-state index in [0.717, 1.165) is 5.56 Å². The summed E-state index contributed by atoms with van der Waals surface area (Å²) in [5.74, 6) is -0.187. The zero-order chi connectivity index (χ0) is 17.6. The minimum absolute atomic E-state index is 0.187. The van der Waals surface area contributed by atoms with Crippen molar-refractivity contribution in [3.8, 4) is 0 Å². The molecule has 1 aliphatic rings. The molecule has 25 heavy (non-hydrogen) atoms. The van der Waals surface area contributed by atoms with Crippen LogP contribution in [0.5, 0.6) is 0 Å². The molecule has 5 nitrogen and oxygen atoms in total. The zero-order valence-corrected chi connectivity index (χ0v) is 14.1. The molecular weight excluding hydrogens is 336 g/mol. The summed E-state index contributed by atoms with van der Waals surface area (Å²) in [6, 6.07) is 15.8. The van der Waals surface area contributed by atoms with Crippen LogP contribution in [0.1, 0.15) is 15.9 Å². The van der Waals surface area contributed by atoms with Crippen molar-refractivity contribution in [3.05, 3.63) is 65.7 Å². The Labute approximate surface area is 146 Å². The van der Waals surface area contributed by atoms with Gasteiger partial charge in [-0.2, -0.15) is 0 Å². The number of nitrogens with one attached hydrogen (secondary N) is 2. The Kier molecular flexibility index (Phi) is 3.62. The Bertz CT molecular complexity index is 1060. The molecular formula is C19H14N2O3S. The number of rotatable bonds is 2. The van der Waals surface area contributed by atoms with E-state index in [1.165, 1.54) is 0 Å². The molecule has 0 bridgehead atoms. The molecule has 3 aromatic carbocycles. The zero-order valence-electron chi connectivity index (χ0n) is 13.3. The van der Waals surface area contributed by atoms with Crippen molar-refractivity contribution < 1.29 is 13.8 Å². The van der Waals surface area contributed by atoms with E-state index in [1.54, 1.807) is 42.5 Å². The van der Waals surface area contributed by atoms with E-state index in [-0.39, 0.29) is 5.91 Å². The predicted octanol–water partition coefficient (Wildman–Crippen LogP) is 4.05. The lowest BCUT2D eigenvalue weighted by molar-refractivity contribution is 0.103. The van der Waals surface area contributed by atoms with Gasteiger partial charge in [-0.25, -0.2) is 4.21 Å². The van der Waals surface area contributed by atoms with Crippen LogP contribution in [0.2, 0.25) is 0 Å². The van der Waals surface area contributed by atoms with Gasteiger partial charge in [0.05, 0.1) is 4.90 Å². The van der Waals surface area contributed by atoms with Crippen molar-refractivity contribution in [2.75, 3.05) is 10.6 Å². The Balaban J connectivity index is 1.71. The smallest absolute Gasteiger partial charge is 0.318 e. The fourth-order valence-electron chi connectivity index (χ4n) is 2.93. The summed E-state index contributed by atoms with van der Waals surface area (Å²) in [5.41, 5.74) is 2.87. The first kappa shape index (κ1) is 15.5. The normalized spacial score (nSPS) is 13.6. The molecule has 1 aliphatic heterocycles. The first-order valence-electron chi connectivity index (χ1n) is 7.71. The van der Waals surface area contributed by atoms with Gasteiger partial charge in [0.25, 0.3) is 5.91 Å². The number of amides is 2. The van der Waals surface area contributed by atoms with Gasteiger partial charge < -0.3 is 10.6 Å². The highest BCUT2D eigenvalue weighted by atomic mass is 32.2. The molecule has 4 rings (SSSR count). The lowest BCUT2D eigenvalue weighted by Crippen LogP contribution is -2.16. The molecule has 124 valence electrons. The molecule has 1 heterocycles. The minimum atomic E-state index is -1.90. The number of anilines is 2. The highest BCUT2D eigenvalue weighted by Crippen LogP contribution is 2.36. The highest BCUT2D eigenvalue weighted by molar-refractivity contribution is 8.00. The maximum Gasteiger partial charge on any atom is 0.318 e. The molecule has 2 amide bonds. The Hall–Kier alpha value is -2.99. The maximum absolute atomic E-state index is 12.7. The van der Waals surface area contributed by atoms with Gasteiger partial charge in [-0.15, -0.1) is 0 Å². The summed E-state index contributed by atoms with van der Waals surface area (Å²) < 4.78 is 12.7. The quantitative estimate of drug-likeness (QED) is 0.732. The van der Waals surface area contributed by atoms with Crippen molar-refractivity contribution >= 4 is 44.1 Å². The van der Waals surface area contributed by atoms with Gasteiger partial charge in [-0.3, -0.25) is 9.59 Å². The van der Waals surface area contributed by atoms with Crippen molar-refractivity contribution in [1.29, 1.82) is 0 Å². The van der Waals surface area contributed by atoms with Gasteiger partial charge in [0.1, 0.15) is 10.8 Å². The predicted molar refractivity (Wildman–Crippen MR) is 98.5 cm³/mol. The third-order valence-corrected chi connectivity index (χ3v) is 5.35. The number of hydrogen-bond acceptors (Lipinski definition) is 3. The molecule has 6 heteroatoms. The lowest BCUT2D eigenvalue weighted by Gasteiger charge is -2.09. The highest BCUT2D eigenvalue weighted by Gasteiger charge is 2.25. The Morgan fingerprint density at radius 3 is 2.56 bits per heavy atom. The van der Waals surface area contributed by atoms with Crippen LogP contribution in [0.15, 0.2) is 59.5 Å². The summed E-state index contributed by atoms with van der Waals surface area (Å²) >= 11 is 0. The van der Waals surface area contributed by atoms with Crippen LogP contribution in [0, 0.1) is 6.92 Å². The van der Waals surface area contributed by atoms with E-state index >= 15 is 0 Å². The average Bonchev–Trinajstić information content (AvgIpc) is 2.94. The molecule has 0 aliphatic carbocycles. The second kappa shape index (κ2) is 5.82. The molecule has 0 saturated heterocycles. The molecule has 0 fully saturated rings. The van der Waals surface area contributed by atoms with Crippen LogP contribution in [-0.2, 0) is 10.8 Å². The molecule has 0 saturated carbocycles. The summed E-state index contributed by atoms with van der Waals surface area (Å²) in [4.78, 5) is 24.8. The van der Waals surface area contributed by atoms with Gasteiger partial charge in [0.15, 0.2) is 0 Å². The van der Waals surface area contributed by atoms with E-state index in [4.69, 9.17) is 0 Å². The minimum Gasteiger partial charge on any atom is -0.321 e. The molecule has 1 atom stereocenters. The largest absolute Gasteiger partial charge is 0.321 e. The summed E-state index contributed by atoms with van der Waals surface area (Å²) in [6.07, 6.45) is 0. The van der Waals surface area contributed by atoms with E-state index < -0.39 is 16.0 Å². The summed E-state index contributed by atoms with van der Waals surface area (Å²) in [6.45, 7) is 1.95. The average molecular weight is 350 g/mol. The second-order valence-electron chi connectivity index (χ2n) is 5.84. The van der Waals surface area contributed by atoms with Crippen molar-refractivity contribution in [2.45, 2.75) is 11.8 Å². The number of carbonyl (C=O) groups is 2. The standard InChI is InChI=1S/C19H14N2O3S/c1-11-5-7-12(8-6-11)20-19(23)25(24)16-10-9-15-17-13(16)3-2-4-14(17)18(22)21-15/h2-10H,1H3,(H,20,23)(H,21,22). The fraction of sp³-hybridized carbons (Fsp3) is 0.0526. The molecule has 1 unspecified atom stereocenters. The number of carbonyl (C=O) groups excluding carboxylic acids is 2. The topological polar surface area (TPSA) is 75.3 Å². The van der Waals surface area contributed by atoms with Gasteiger partial charge in [0.2, 0.25) is 0 Å². The van der Waals surface area contributed by atoms with Crippen LogP contribution in [0.4, 0.5) is 16.2 Å². The number of aryl methyl sites for hydroxylation is 1. The van der Waals surface area contributed by atoms with E-state index in [9.17, 15) is 13.8 Å². The SMILES string of the molecule is Cc1ccc(NC(=O)S(=O)c2ccc3c4c(cccc24)C(=O)N3)cc1. The van der Waals surface area contributed by atoms with Gasteiger partial charge in [-0.05, 0) is 37.3 Å². The van der Waals surface area contributed by atoms with Crippen molar-refractivity contribution in [3.63, 3.8) is 0 Å². The van der Waals surface area contributed by atoms with Crippen molar-refractivity contribution in [2.24, 2.45) is 0 Å². The maximum atomic E-state index is 12.7. The molecule has 3 aromatic rings. The van der Waals surface area contributed by atoms with Gasteiger partial charge in [0, 0.05) is 27.7 Å². The molecule has 0 radical (unpaired) electrons. The Morgan fingerprint density at radius 1 is 1.04 bits per heavy atom. The van der Waals surface area contributed by atoms with Crippen molar-refractivity contribution in [1.82, 2.24) is 0 Å². The third-order valence-electron chi connectivity index (χ3n) is 4.16. The van der Waals surface area contributed by atoms with Crippen LogP contribution >= 0.6 is 0 Å². The number of hydrogen-bond donors (Lipinski definition) is 2. The van der Waals surface area contributed by atoms with Gasteiger partial charge >= 0.3 is 5.24 Å². The monoisotopic (exact) mass is 350 g/mol. The van der Waals surface area contributed by atoms with Crippen LogP contribution in [-0.4, -0.2) is 15.4 Å². The third kappa shape index (κ3) is 2.60. The van der Waals surface area contributed by atoms with Gasteiger partial charge in [-0.1, -0.05) is 29.8 Å². The van der Waals surface area contributed by atoms with E-state index in [0.29, 0.717) is 32.6 Å².